The SMILES string of the molecule is CCCCC1CCC(c2ccc(-c3ccc(OC(F)F)cc3)cc2)CC1. The minimum absolute atomic E-state index is 0.195. The summed E-state index contributed by atoms with van der Waals surface area (Å²) in [5, 5.41) is 0. The highest BCUT2D eigenvalue weighted by Gasteiger charge is 2.21. The van der Waals surface area contributed by atoms with Crippen LogP contribution >= 0.6 is 0 Å². The lowest BCUT2D eigenvalue weighted by molar-refractivity contribution is -0.0498. The average molecular weight is 358 g/mol. The Morgan fingerprint density at radius 2 is 1.46 bits per heavy atom. The van der Waals surface area contributed by atoms with Crippen LogP contribution in [0, 0.1) is 5.92 Å². The molecule has 1 aliphatic carbocycles. The van der Waals surface area contributed by atoms with Crippen molar-refractivity contribution < 1.29 is 13.5 Å². The first-order valence-corrected chi connectivity index (χ1v) is 9.81. The maximum atomic E-state index is 12.2. The van der Waals surface area contributed by atoms with Crippen LogP contribution in [0.3, 0.4) is 0 Å². The van der Waals surface area contributed by atoms with Gasteiger partial charge in [-0.15, -0.1) is 0 Å². The predicted octanol–water partition coefficient (Wildman–Crippen LogP) is 7.42. The second-order valence-corrected chi connectivity index (χ2v) is 7.38. The molecular weight excluding hydrogens is 330 g/mol. The van der Waals surface area contributed by atoms with Crippen molar-refractivity contribution in [2.45, 2.75) is 64.4 Å². The van der Waals surface area contributed by atoms with Gasteiger partial charge in [0.15, 0.2) is 0 Å². The van der Waals surface area contributed by atoms with E-state index >= 15 is 0 Å². The zero-order chi connectivity index (χ0) is 18.4. The van der Waals surface area contributed by atoms with Crippen molar-refractivity contribution in [1.29, 1.82) is 0 Å². The fraction of sp³-hybridized carbons (Fsp3) is 0.478. The Morgan fingerprint density at radius 1 is 0.885 bits per heavy atom. The first-order chi connectivity index (χ1) is 12.7. The van der Waals surface area contributed by atoms with Gasteiger partial charge < -0.3 is 4.74 Å². The highest BCUT2D eigenvalue weighted by Crippen LogP contribution is 2.38. The molecule has 0 amide bonds. The summed E-state index contributed by atoms with van der Waals surface area (Å²) in [6.45, 7) is -0.510. The largest absolute Gasteiger partial charge is 0.435 e. The minimum atomic E-state index is -2.78. The number of alkyl halides is 2. The van der Waals surface area contributed by atoms with Gasteiger partial charge in [-0.1, -0.05) is 62.6 Å². The maximum Gasteiger partial charge on any atom is 0.387 e. The van der Waals surface area contributed by atoms with Gasteiger partial charge in [-0.3, -0.25) is 0 Å². The van der Waals surface area contributed by atoms with Gasteiger partial charge >= 0.3 is 6.61 Å². The van der Waals surface area contributed by atoms with Gasteiger partial charge in [0.25, 0.3) is 0 Å². The summed E-state index contributed by atoms with van der Waals surface area (Å²) in [6, 6.07) is 15.6. The number of benzene rings is 2. The van der Waals surface area contributed by atoms with Crippen molar-refractivity contribution in [2.24, 2.45) is 5.92 Å². The highest BCUT2D eigenvalue weighted by atomic mass is 19.3. The summed E-state index contributed by atoms with van der Waals surface area (Å²) in [7, 11) is 0. The van der Waals surface area contributed by atoms with Crippen molar-refractivity contribution in [3.05, 3.63) is 54.1 Å². The molecule has 0 bridgehead atoms. The molecule has 0 heterocycles. The van der Waals surface area contributed by atoms with E-state index in [1.807, 2.05) is 12.1 Å². The number of ether oxygens (including phenoxy) is 1. The van der Waals surface area contributed by atoms with Crippen LogP contribution in [0.4, 0.5) is 8.78 Å². The summed E-state index contributed by atoms with van der Waals surface area (Å²) in [6.07, 6.45) is 9.38. The Balaban J connectivity index is 1.58. The van der Waals surface area contributed by atoms with Gasteiger partial charge in [-0.05, 0) is 66.3 Å². The number of hydrogen-bond donors (Lipinski definition) is 0. The van der Waals surface area contributed by atoms with E-state index in [1.54, 1.807) is 12.1 Å². The van der Waals surface area contributed by atoms with Crippen molar-refractivity contribution in [1.82, 2.24) is 0 Å². The van der Waals surface area contributed by atoms with E-state index in [2.05, 4.69) is 35.9 Å². The molecule has 1 saturated carbocycles. The lowest BCUT2D eigenvalue weighted by atomic mass is 9.77. The highest BCUT2D eigenvalue weighted by molar-refractivity contribution is 5.64. The molecule has 1 fully saturated rings. The maximum absolute atomic E-state index is 12.2. The van der Waals surface area contributed by atoms with Gasteiger partial charge in [0, 0.05) is 0 Å². The topological polar surface area (TPSA) is 9.23 Å². The molecule has 26 heavy (non-hydrogen) atoms. The zero-order valence-corrected chi connectivity index (χ0v) is 15.5. The third-order valence-corrected chi connectivity index (χ3v) is 5.61. The summed E-state index contributed by atoms with van der Waals surface area (Å²) in [5.41, 5.74) is 3.55. The quantitative estimate of drug-likeness (QED) is 0.500. The standard InChI is InChI=1S/C23H28F2O/c1-2-3-4-17-5-7-18(8-6-17)19-9-11-20(12-10-19)21-13-15-22(16-14-21)26-23(24)25/h9-18,23H,2-8H2,1H3. The van der Waals surface area contributed by atoms with Crippen LogP contribution in [0.15, 0.2) is 48.5 Å². The van der Waals surface area contributed by atoms with Crippen LogP contribution in [0.25, 0.3) is 11.1 Å². The average Bonchev–Trinajstić information content (AvgIpc) is 2.67. The van der Waals surface area contributed by atoms with E-state index in [0.29, 0.717) is 5.92 Å². The Morgan fingerprint density at radius 3 is 2.00 bits per heavy atom. The molecule has 3 heteroatoms. The Hall–Kier alpha value is -1.90. The van der Waals surface area contributed by atoms with E-state index in [-0.39, 0.29) is 5.75 Å². The van der Waals surface area contributed by atoms with Crippen LogP contribution in [-0.2, 0) is 0 Å². The van der Waals surface area contributed by atoms with Crippen LogP contribution in [-0.4, -0.2) is 6.61 Å². The van der Waals surface area contributed by atoms with Crippen LogP contribution in [0.2, 0.25) is 0 Å². The van der Waals surface area contributed by atoms with E-state index in [0.717, 1.165) is 17.0 Å². The molecule has 0 unspecified atom stereocenters. The van der Waals surface area contributed by atoms with E-state index in [4.69, 9.17) is 0 Å². The molecule has 0 aromatic heterocycles. The Bertz CT molecular complexity index is 656. The number of unbranched alkanes of at least 4 members (excludes halogenated alkanes) is 1. The van der Waals surface area contributed by atoms with Gasteiger partial charge in [-0.2, -0.15) is 8.78 Å². The molecule has 0 radical (unpaired) electrons. The van der Waals surface area contributed by atoms with E-state index in [9.17, 15) is 8.78 Å². The van der Waals surface area contributed by atoms with Crippen LogP contribution in [0.5, 0.6) is 5.75 Å². The minimum Gasteiger partial charge on any atom is -0.435 e. The zero-order valence-electron chi connectivity index (χ0n) is 15.5. The van der Waals surface area contributed by atoms with Gasteiger partial charge in [0.2, 0.25) is 0 Å². The second-order valence-electron chi connectivity index (χ2n) is 7.38. The molecule has 0 saturated heterocycles. The summed E-state index contributed by atoms with van der Waals surface area (Å²) < 4.78 is 28.9. The Labute approximate surface area is 155 Å². The third kappa shape index (κ3) is 5.06. The lowest BCUT2D eigenvalue weighted by Gasteiger charge is -2.29. The molecule has 2 aromatic rings. The van der Waals surface area contributed by atoms with E-state index in [1.165, 1.54) is 50.5 Å². The van der Waals surface area contributed by atoms with Crippen LogP contribution in [0.1, 0.15) is 63.4 Å². The van der Waals surface area contributed by atoms with Crippen molar-refractivity contribution in [2.75, 3.05) is 0 Å². The number of hydrogen-bond acceptors (Lipinski definition) is 1. The van der Waals surface area contributed by atoms with Gasteiger partial charge in [0.05, 0.1) is 0 Å². The van der Waals surface area contributed by atoms with Crippen LogP contribution < -0.4 is 4.74 Å². The molecule has 0 N–H and O–H groups in total. The molecule has 140 valence electrons. The second kappa shape index (κ2) is 9.16. The monoisotopic (exact) mass is 358 g/mol. The van der Waals surface area contributed by atoms with E-state index < -0.39 is 6.61 Å². The molecule has 0 aliphatic heterocycles. The summed E-state index contributed by atoms with van der Waals surface area (Å²) in [4.78, 5) is 0. The van der Waals surface area contributed by atoms with Gasteiger partial charge in [-0.25, -0.2) is 0 Å². The van der Waals surface area contributed by atoms with Gasteiger partial charge in [0.1, 0.15) is 5.75 Å². The smallest absolute Gasteiger partial charge is 0.387 e. The molecule has 1 aliphatic rings. The molecular formula is C23H28F2O. The fourth-order valence-electron chi connectivity index (χ4n) is 4.05. The summed E-state index contributed by atoms with van der Waals surface area (Å²) in [5.74, 6) is 1.81. The first-order valence-electron chi connectivity index (χ1n) is 9.81. The Kier molecular flexibility index (Phi) is 6.65. The molecule has 2 aromatic carbocycles. The van der Waals surface area contributed by atoms with Crippen molar-refractivity contribution in [3.8, 4) is 16.9 Å². The fourth-order valence-corrected chi connectivity index (χ4v) is 4.05. The van der Waals surface area contributed by atoms with Crippen molar-refractivity contribution in [3.63, 3.8) is 0 Å². The predicted molar refractivity (Wildman–Crippen MR) is 103 cm³/mol. The normalized spacial score (nSPS) is 20.3. The lowest BCUT2D eigenvalue weighted by Crippen LogP contribution is -2.13. The molecule has 0 spiro atoms. The number of rotatable bonds is 7. The molecule has 1 nitrogen and oxygen atoms in total. The number of halogens is 2. The first kappa shape index (κ1) is 18.9. The molecule has 3 rings (SSSR count). The molecule has 0 atom stereocenters. The van der Waals surface area contributed by atoms with Crippen molar-refractivity contribution >= 4 is 0 Å². The third-order valence-electron chi connectivity index (χ3n) is 5.61. The summed E-state index contributed by atoms with van der Waals surface area (Å²) >= 11 is 0.